The van der Waals surface area contributed by atoms with Crippen LogP contribution in [0.3, 0.4) is 0 Å². The zero-order valence-corrected chi connectivity index (χ0v) is 22.1. The molecule has 1 aromatic carbocycles. The molecular weight excluding hydrogens is 456 g/mol. The summed E-state index contributed by atoms with van der Waals surface area (Å²) in [7, 11) is 1.50. The van der Waals surface area contributed by atoms with Crippen molar-refractivity contribution in [2.24, 2.45) is 5.73 Å². The van der Waals surface area contributed by atoms with Crippen molar-refractivity contribution in [3.05, 3.63) is 54.6 Å². The molecule has 0 radical (unpaired) electrons. The van der Waals surface area contributed by atoms with E-state index in [9.17, 15) is 9.59 Å². The molecule has 2 aromatic rings. The molecule has 1 aliphatic carbocycles. The van der Waals surface area contributed by atoms with Gasteiger partial charge in [-0.2, -0.15) is 0 Å². The Kier molecular flexibility index (Phi) is 13.6. The summed E-state index contributed by atoms with van der Waals surface area (Å²) in [6.07, 6.45) is 11.7. The van der Waals surface area contributed by atoms with Crippen LogP contribution >= 0.6 is 0 Å². The van der Waals surface area contributed by atoms with Crippen LogP contribution in [0, 0.1) is 0 Å². The summed E-state index contributed by atoms with van der Waals surface area (Å²) < 4.78 is 7.88. The number of carbonyl (C=O) groups is 2. The number of nitrogens with one attached hydrogen (secondary N) is 2. The first kappa shape index (κ1) is 29.3. The Morgan fingerprint density at radius 2 is 1.86 bits per heavy atom. The molecule has 9 heteroatoms. The number of amides is 3. The van der Waals surface area contributed by atoms with Crippen LogP contribution in [0.1, 0.15) is 57.9 Å². The van der Waals surface area contributed by atoms with Gasteiger partial charge in [-0.15, -0.1) is 0 Å². The predicted octanol–water partition coefficient (Wildman–Crippen LogP) is 3.30. The molecule has 1 aliphatic heterocycles. The highest BCUT2D eigenvalue weighted by molar-refractivity contribution is 5.91. The van der Waals surface area contributed by atoms with E-state index < -0.39 is 6.04 Å². The number of nitrogens with zero attached hydrogens (tertiary/aromatic N) is 3. The predicted molar refractivity (Wildman–Crippen MR) is 142 cm³/mol. The Balaban J connectivity index is 0.00000109. The smallest absolute Gasteiger partial charge is 0.318 e. The Bertz CT molecular complexity index is 856. The minimum atomic E-state index is -0.567. The summed E-state index contributed by atoms with van der Waals surface area (Å²) in [5, 5.41) is 6.19. The summed E-state index contributed by atoms with van der Waals surface area (Å²) in [4.78, 5) is 31.8. The molecule has 3 amide bonds. The molecule has 4 rings (SSSR count). The van der Waals surface area contributed by atoms with E-state index in [0.29, 0.717) is 19.8 Å². The number of hydrogen-bond acceptors (Lipinski definition) is 5. The molecule has 1 aromatic heterocycles. The second-order valence-corrected chi connectivity index (χ2v) is 8.69. The van der Waals surface area contributed by atoms with E-state index in [1.54, 1.807) is 17.4 Å². The lowest BCUT2D eigenvalue weighted by Crippen LogP contribution is -2.53. The van der Waals surface area contributed by atoms with Crippen molar-refractivity contribution in [3.8, 4) is 0 Å². The van der Waals surface area contributed by atoms with Gasteiger partial charge in [0.2, 0.25) is 5.91 Å². The quantitative estimate of drug-likeness (QED) is 0.463. The molecule has 2 unspecified atom stereocenters. The van der Waals surface area contributed by atoms with Crippen LogP contribution < -0.4 is 16.4 Å². The first-order valence-corrected chi connectivity index (χ1v) is 13.2. The highest BCUT2D eigenvalue weighted by Crippen LogP contribution is 2.20. The molecule has 36 heavy (non-hydrogen) atoms. The van der Waals surface area contributed by atoms with Crippen molar-refractivity contribution in [1.29, 1.82) is 0 Å². The minimum absolute atomic E-state index is 0.0776. The molecule has 2 fully saturated rings. The van der Waals surface area contributed by atoms with Gasteiger partial charge in [-0.3, -0.25) is 4.79 Å². The number of aromatic nitrogens is 2. The number of hydrogen-bond donors (Lipinski definition) is 3. The first-order valence-electron chi connectivity index (χ1n) is 13.2. The Morgan fingerprint density at radius 1 is 1.14 bits per heavy atom. The standard InChI is InChI=1S/C24H33N5O3.C2H6.CH5N/c30-23(26-20-10-5-2-6-11-20)22-21(17-32-16-19-8-3-1-4-9-19)27-24(31)29(22)14-7-13-28-15-12-25-18-28;2*1-2/h1,3-4,8-9,12,15,18,20-22H,2,5-7,10-11,13-14,16-17H2,(H,26,30)(H,27,31);1-2H3;2H2,1H3. The molecule has 0 bridgehead atoms. The maximum Gasteiger partial charge on any atom is 0.318 e. The van der Waals surface area contributed by atoms with Gasteiger partial charge >= 0.3 is 6.03 Å². The molecule has 0 spiro atoms. The van der Waals surface area contributed by atoms with E-state index in [1.165, 1.54) is 13.5 Å². The number of nitrogens with two attached hydrogens (primary N) is 1. The van der Waals surface area contributed by atoms with Crippen LogP contribution in [0.15, 0.2) is 49.1 Å². The number of urea groups is 1. The van der Waals surface area contributed by atoms with Gasteiger partial charge < -0.3 is 30.6 Å². The Labute approximate surface area is 215 Å². The van der Waals surface area contributed by atoms with Crippen molar-refractivity contribution < 1.29 is 14.3 Å². The van der Waals surface area contributed by atoms with Crippen molar-refractivity contribution in [2.75, 3.05) is 20.2 Å². The minimum Gasteiger partial charge on any atom is -0.375 e. The van der Waals surface area contributed by atoms with E-state index in [0.717, 1.165) is 44.2 Å². The molecule has 2 atom stereocenters. The van der Waals surface area contributed by atoms with Crippen LogP contribution in [0.5, 0.6) is 0 Å². The lowest BCUT2D eigenvalue weighted by molar-refractivity contribution is -0.126. The molecule has 2 aliphatic rings. The lowest BCUT2D eigenvalue weighted by atomic mass is 9.95. The van der Waals surface area contributed by atoms with E-state index in [1.807, 2.05) is 54.9 Å². The van der Waals surface area contributed by atoms with Gasteiger partial charge in [-0.05, 0) is 31.9 Å². The fourth-order valence-corrected chi connectivity index (χ4v) is 4.62. The maximum atomic E-state index is 13.3. The van der Waals surface area contributed by atoms with Crippen molar-refractivity contribution in [3.63, 3.8) is 0 Å². The third-order valence-corrected chi connectivity index (χ3v) is 6.29. The zero-order valence-electron chi connectivity index (χ0n) is 22.1. The summed E-state index contributed by atoms with van der Waals surface area (Å²) in [5.74, 6) is -0.0776. The van der Waals surface area contributed by atoms with Crippen LogP contribution in [0.25, 0.3) is 0 Å². The van der Waals surface area contributed by atoms with E-state index >= 15 is 0 Å². The highest BCUT2D eigenvalue weighted by atomic mass is 16.5. The lowest BCUT2D eigenvalue weighted by Gasteiger charge is -2.29. The van der Waals surface area contributed by atoms with Crippen molar-refractivity contribution >= 4 is 11.9 Å². The molecule has 4 N–H and O–H groups in total. The molecule has 2 heterocycles. The average molecular weight is 501 g/mol. The summed E-state index contributed by atoms with van der Waals surface area (Å²) in [6, 6.07) is 8.97. The highest BCUT2D eigenvalue weighted by Gasteiger charge is 2.44. The van der Waals surface area contributed by atoms with Crippen molar-refractivity contribution in [1.82, 2.24) is 25.1 Å². The van der Waals surface area contributed by atoms with Gasteiger partial charge in [0.05, 0.1) is 25.6 Å². The molecule has 1 saturated heterocycles. The number of ether oxygens (including phenoxy) is 1. The van der Waals surface area contributed by atoms with E-state index in [4.69, 9.17) is 4.74 Å². The van der Waals surface area contributed by atoms with E-state index in [-0.39, 0.29) is 24.0 Å². The number of benzene rings is 1. The zero-order chi connectivity index (χ0) is 26.2. The van der Waals surface area contributed by atoms with Gasteiger partial charge in [0.25, 0.3) is 0 Å². The van der Waals surface area contributed by atoms with Crippen LogP contribution in [0.2, 0.25) is 0 Å². The topological polar surface area (TPSA) is 115 Å². The fourth-order valence-electron chi connectivity index (χ4n) is 4.62. The summed E-state index contributed by atoms with van der Waals surface area (Å²) >= 11 is 0. The molecule has 9 nitrogen and oxygen atoms in total. The second-order valence-electron chi connectivity index (χ2n) is 8.69. The van der Waals surface area contributed by atoms with Crippen LogP contribution in [-0.4, -0.2) is 64.7 Å². The molecular formula is C27H44N6O3. The molecule has 1 saturated carbocycles. The van der Waals surface area contributed by atoms with E-state index in [2.05, 4.69) is 21.4 Å². The van der Waals surface area contributed by atoms with Gasteiger partial charge in [-0.1, -0.05) is 63.4 Å². The summed E-state index contributed by atoms with van der Waals surface area (Å²) in [5.41, 5.74) is 5.57. The monoisotopic (exact) mass is 500 g/mol. The van der Waals surface area contributed by atoms with Gasteiger partial charge in [-0.25, -0.2) is 9.78 Å². The number of imidazole rings is 1. The third kappa shape index (κ3) is 8.95. The number of rotatable bonds is 10. The molecule has 200 valence electrons. The Hall–Kier alpha value is -2.91. The number of carbonyl (C=O) groups excluding carboxylic acids is 2. The SMILES string of the molecule is CC.CN.O=C(NC1CCCCC1)C1C(COCc2ccccc2)NC(=O)N1CCCn1ccnc1. The first-order chi connectivity index (χ1) is 17.7. The van der Waals surface area contributed by atoms with Gasteiger partial charge in [0.1, 0.15) is 6.04 Å². The van der Waals surface area contributed by atoms with Gasteiger partial charge in [0.15, 0.2) is 0 Å². The van der Waals surface area contributed by atoms with Crippen molar-refractivity contribution in [2.45, 2.75) is 83.6 Å². The third-order valence-electron chi connectivity index (χ3n) is 6.29. The largest absolute Gasteiger partial charge is 0.375 e. The van der Waals surface area contributed by atoms with Crippen LogP contribution in [-0.2, 0) is 22.7 Å². The fraction of sp³-hybridized carbons (Fsp3) is 0.593. The average Bonchev–Trinajstić information content (AvgIpc) is 3.55. The number of aryl methyl sites for hydroxylation is 1. The van der Waals surface area contributed by atoms with Gasteiger partial charge in [0, 0.05) is 31.5 Å². The van der Waals surface area contributed by atoms with Crippen LogP contribution in [0.4, 0.5) is 4.79 Å². The normalized spacial score (nSPS) is 19.4. The maximum absolute atomic E-state index is 13.3. The second kappa shape index (κ2) is 16.7. The Morgan fingerprint density at radius 3 is 2.53 bits per heavy atom. The summed E-state index contributed by atoms with van der Waals surface area (Å²) in [6.45, 7) is 5.99.